The standard InChI is InChI=1S/C19H17ClN6O/c20-13-1-2-15-16(11-13)21-12-18(23-15)25-8-4-14(5-9-25)27-19-6-10-26-17(24-19)3-7-22-26/h1-3,6-7,10-12,14H,4-5,8-9H2. The monoisotopic (exact) mass is 380 g/mol. The molecular weight excluding hydrogens is 364 g/mol. The van der Waals surface area contributed by atoms with Crippen molar-refractivity contribution in [1.29, 1.82) is 0 Å². The van der Waals surface area contributed by atoms with E-state index < -0.39 is 0 Å². The summed E-state index contributed by atoms with van der Waals surface area (Å²) >= 11 is 6.01. The van der Waals surface area contributed by atoms with Crippen LogP contribution in [0.4, 0.5) is 5.82 Å². The molecule has 0 saturated carbocycles. The Morgan fingerprint density at radius 3 is 2.81 bits per heavy atom. The third-order valence-electron chi connectivity index (χ3n) is 4.78. The molecule has 1 saturated heterocycles. The SMILES string of the molecule is Clc1ccc2nc(N3CCC(Oc4ccn5nccc5n4)CC3)cnc2c1. The lowest BCUT2D eigenvalue weighted by Gasteiger charge is -2.32. The topological polar surface area (TPSA) is 68.4 Å². The molecule has 7 nitrogen and oxygen atoms in total. The molecule has 3 aromatic heterocycles. The normalized spacial score (nSPS) is 15.5. The Kier molecular flexibility index (Phi) is 4.01. The summed E-state index contributed by atoms with van der Waals surface area (Å²) in [6.07, 6.45) is 7.37. The maximum absolute atomic E-state index is 6.07. The van der Waals surface area contributed by atoms with Crippen LogP contribution in [0.5, 0.6) is 5.88 Å². The van der Waals surface area contributed by atoms with E-state index in [-0.39, 0.29) is 6.10 Å². The number of piperidine rings is 1. The van der Waals surface area contributed by atoms with Crippen molar-refractivity contribution in [3.8, 4) is 5.88 Å². The Hall–Kier alpha value is -2.93. The minimum absolute atomic E-state index is 0.145. The fourth-order valence-corrected chi connectivity index (χ4v) is 3.53. The van der Waals surface area contributed by atoms with Crippen LogP contribution in [0.25, 0.3) is 16.7 Å². The molecule has 4 aromatic rings. The van der Waals surface area contributed by atoms with E-state index in [1.165, 1.54) is 0 Å². The number of halogens is 1. The highest BCUT2D eigenvalue weighted by Crippen LogP contribution is 2.23. The number of nitrogens with zero attached hydrogens (tertiary/aromatic N) is 6. The summed E-state index contributed by atoms with van der Waals surface area (Å²) in [5.41, 5.74) is 2.45. The zero-order valence-corrected chi connectivity index (χ0v) is 15.3. The van der Waals surface area contributed by atoms with Crippen molar-refractivity contribution in [2.24, 2.45) is 0 Å². The second-order valence-corrected chi connectivity index (χ2v) is 7.00. The lowest BCUT2D eigenvalue weighted by molar-refractivity contribution is 0.164. The van der Waals surface area contributed by atoms with Crippen molar-refractivity contribution >= 4 is 34.1 Å². The molecule has 0 radical (unpaired) electrons. The number of ether oxygens (including phenoxy) is 1. The zero-order chi connectivity index (χ0) is 18.2. The van der Waals surface area contributed by atoms with E-state index in [1.807, 2.05) is 42.7 Å². The molecule has 4 heterocycles. The minimum atomic E-state index is 0.145. The Bertz CT molecular complexity index is 1110. The second-order valence-electron chi connectivity index (χ2n) is 6.57. The second kappa shape index (κ2) is 6.66. The highest BCUT2D eigenvalue weighted by molar-refractivity contribution is 6.31. The van der Waals surface area contributed by atoms with Gasteiger partial charge in [0.25, 0.3) is 0 Å². The van der Waals surface area contributed by atoms with Crippen LogP contribution in [0.3, 0.4) is 0 Å². The van der Waals surface area contributed by atoms with Crippen LogP contribution in [0, 0.1) is 0 Å². The molecule has 1 fully saturated rings. The summed E-state index contributed by atoms with van der Waals surface area (Å²) in [5, 5.41) is 4.82. The quantitative estimate of drug-likeness (QED) is 0.542. The highest BCUT2D eigenvalue weighted by Gasteiger charge is 2.22. The molecule has 0 bridgehead atoms. The average Bonchev–Trinajstić information content (AvgIpc) is 3.16. The van der Waals surface area contributed by atoms with E-state index in [9.17, 15) is 0 Å². The summed E-state index contributed by atoms with van der Waals surface area (Å²) in [6.45, 7) is 1.74. The molecule has 136 valence electrons. The van der Waals surface area contributed by atoms with Crippen LogP contribution in [-0.2, 0) is 0 Å². The third kappa shape index (κ3) is 3.26. The summed E-state index contributed by atoms with van der Waals surface area (Å²) in [6, 6.07) is 9.29. The number of anilines is 1. The summed E-state index contributed by atoms with van der Waals surface area (Å²) in [4.78, 5) is 15.9. The Labute approximate surface area is 160 Å². The van der Waals surface area contributed by atoms with E-state index in [1.54, 1.807) is 10.7 Å². The van der Waals surface area contributed by atoms with Crippen molar-refractivity contribution in [2.75, 3.05) is 18.0 Å². The van der Waals surface area contributed by atoms with Gasteiger partial charge in [-0.3, -0.25) is 4.98 Å². The molecule has 0 N–H and O–H groups in total. The first-order chi connectivity index (χ1) is 13.2. The number of aromatic nitrogens is 5. The predicted molar refractivity (Wildman–Crippen MR) is 103 cm³/mol. The maximum Gasteiger partial charge on any atom is 0.217 e. The van der Waals surface area contributed by atoms with Gasteiger partial charge < -0.3 is 9.64 Å². The van der Waals surface area contributed by atoms with Crippen LogP contribution in [0.2, 0.25) is 5.02 Å². The van der Waals surface area contributed by atoms with Crippen molar-refractivity contribution in [3.05, 3.63) is 53.9 Å². The van der Waals surface area contributed by atoms with Gasteiger partial charge >= 0.3 is 0 Å². The van der Waals surface area contributed by atoms with Crippen molar-refractivity contribution in [2.45, 2.75) is 18.9 Å². The molecule has 0 atom stereocenters. The first-order valence-corrected chi connectivity index (χ1v) is 9.27. The van der Waals surface area contributed by atoms with Gasteiger partial charge in [-0.2, -0.15) is 10.1 Å². The van der Waals surface area contributed by atoms with Gasteiger partial charge in [0.1, 0.15) is 11.9 Å². The van der Waals surface area contributed by atoms with Crippen LogP contribution < -0.4 is 9.64 Å². The molecule has 5 rings (SSSR count). The molecule has 0 spiro atoms. The number of hydrogen-bond donors (Lipinski definition) is 0. The molecule has 27 heavy (non-hydrogen) atoms. The number of fused-ring (bicyclic) bond motifs is 2. The van der Waals surface area contributed by atoms with Crippen LogP contribution in [-0.4, -0.2) is 43.8 Å². The van der Waals surface area contributed by atoms with Crippen LogP contribution in [0.15, 0.2) is 48.9 Å². The van der Waals surface area contributed by atoms with Gasteiger partial charge in [0.2, 0.25) is 5.88 Å². The minimum Gasteiger partial charge on any atom is -0.474 e. The first kappa shape index (κ1) is 16.3. The van der Waals surface area contributed by atoms with Gasteiger partial charge in [-0.1, -0.05) is 11.6 Å². The summed E-state index contributed by atoms with van der Waals surface area (Å²) < 4.78 is 7.79. The zero-order valence-electron chi connectivity index (χ0n) is 14.5. The Balaban J connectivity index is 1.26. The number of hydrogen-bond acceptors (Lipinski definition) is 6. The Morgan fingerprint density at radius 2 is 1.93 bits per heavy atom. The average molecular weight is 381 g/mol. The maximum atomic E-state index is 6.07. The molecule has 1 aliphatic heterocycles. The summed E-state index contributed by atoms with van der Waals surface area (Å²) in [7, 11) is 0. The molecule has 0 unspecified atom stereocenters. The van der Waals surface area contributed by atoms with Gasteiger partial charge in [-0.25, -0.2) is 9.50 Å². The third-order valence-corrected chi connectivity index (χ3v) is 5.01. The van der Waals surface area contributed by atoms with Crippen LogP contribution >= 0.6 is 11.6 Å². The van der Waals surface area contributed by atoms with E-state index in [4.69, 9.17) is 21.3 Å². The van der Waals surface area contributed by atoms with E-state index in [0.717, 1.165) is 48.4 Å². The van der Waals surface area contributed by atoms with Gasteiger partial charge in [0, 0.05) is 49.3 Å². The molecular formula is C19H17ClN6O. The van der Waals surface area contributed by atoms with E-state index in [2.05, 4.69) is 20.0 Å². The van der Waals surface area contributed by atoms with Crippen molar-refractivity contribution in [1.82, 2.24) is 24.6 Å². The summed E-state index contributed by atoms with van der Waals surface area (Å²) in [5.74, 6) is 1.53. The molecule has 1 aliphatic rings. The van der Waals surface area contributed by atoms with E-state index >= 15 is 0 Å². The van der Waals surface area contributed by atoms with Gasteiger partial charge in [-0.05, 0) is 18.2 Å². The van der Waals surface area contributed by atoms with Crippen molar-refractivity contribution < 1.29 is 4.74 Å². The number of rotatable bonds is 3. The largest absolute Gasteiger partial charge is 0.474 e. The lowest BCUT2D eigenvalue weighted by Crippen LogP contribution is -2.38. The smallest absolute Gasteiger partial charge is 0.217 e. The van der Waals surface area contributed by atoms with E-state index in [0.29, 0.717) is 10.9 Å². The lowest BCUT2D eigenvalue weighted by atomic mass is 10.1. The molecule has 8 heteroatoms. The van der Waals surface area contributed by atoms with Gasteiger partial charge in [-0.15, -0.1) is 0 Å². The fraction of sp³-hybridized carbons (Fsp3) is 0.263. The molecule has 1 aromatic carbocycles. The van der Waals surface area contributed by atoms with Crippen LogP contribution in [0.1, 0.15) is 12.8 Å². The number of benzene rings is 1. The van der Waals surface area contributed by atoms with Gasteiger partial charge in [0.15, 0.2) is 5.65 Å². The fourth-order valence-electron chi connectivity index (χ4n) is 3.36. The predicted octanol–water partition coefficient (Wildman–Crippen LogP) is 3.37. The molecule has 0 amide bonds. The van der Waals surface area contributed by atoms with Gasteiger partial charge in [0.05, 0.1) is 23.4 Å². The first-order valence-electron chi connectivity index (χ1n) is 8.89. The molecule has 0 aliphatic carbocycles. The van der Waals surface area contributed by atoms with Crippen molar-refractivity contribution in [3.63, 3.8) is 0 Å². The highest BCUT2D eigenvalue weighted by atomic mass is 35.5. The Morgan fingerprint density at radius 1 is 1.04 bits per heavy atom.